The molecule has 0 aliphatic carbocycles. The number of allylic oxidation sites excluding steroid dienone is 1. The second kappa shape index (κ2) is 10.7. The number of hydrogen-bond acceptors (Lipinski definition) is 7. The Kier molecular flexibility index (Phi) is 7.55. The number of ether oxygens (including phenoxy) is 2. The molecule has 2 aromatic rings. The number of esters is 2. The van der Waals surface area contributed by atoms with Crippen molar-refractivity contribution in [2.24, 2.45) is 5.16 Å². The second-order valence-corrected chi connectivity index (χ2v) is 13.1. The maximum Gasteiger partial charge on any atom is 0.355 e. The van der Waals surface area contributed by atoms with Gasteiger partial charge in [-0.3, -0.25) is 9.59 Å². The molecule has 1 aromatic carbocycles. The van der Waals surface area contributed by atoms with Gasteiger partial charge in [0.25, 0.3) is 5.56 Å². The van der Waals surface area contributed by atoms with E-state index in [9.17, 15) is 14.4 Å². The van der Waals surface area contributed by atoms with Crippen LogP contribution in [0.1, 0.15) is 75.4 Å². The van der Waals surface area contributed by atoms with E-state index in [1.807, 2.05) is 72.2 Å². The van der Waals surface area contributed by atoms with Crippen molar-refractivity contribution < 1.29 is 28.4 Å². The Hall–Kier alpha value is -3.92. The molecule has 224 valence electrons. The first kappa shape index (κ1) is 29.6. The van der Waals surface area contributed by atoms with Gasteiger partial charge in [0.15, 0.2) is 0 Å². The molecule has 5 rings (SSSR count). The molecule has 0 saturated carbocycles. The van der Waals surface area contributed by atoms with Gasteiger partial charge in [0.1, 0.15) is 12.2 Å². The lowest BCUT2D eigenvalue weighted by atomic mass is 9.84. The lowest BCUT2D eigenvalue weighted by Gasteiger charge is -2.40. The van der Waals surface area contributed by atoms with E-state index in [4.69, 9.17) is 19.6 Å². The fraction of sp³-hybridized carbons (Fsp3) is 0.500. The first-order valence-electron chi connectivity index (χ1n) is 14.5. The predicted molar refractivity (Wildman–Crippen MR) is 159 cm³/mol. The summed E-state index contributed by atoms with van der Waals surface area (Å²) >= 11 is 0. The number of carbonyl (C=O) groups is 2. The van der Waals surface area contributed by atoms with Crippen LogP contribution in [0.15, 0.2) is 45.9 Å². The predicted octanol–water partition coefficient (Wildman–Crippen LogP) is 4.87. The zero-order chi connectivity index (χ0) is 30.4. The number of rotatable bonds is 8. The molecule has 42 heavy (non-hydrogen) atoms. The monoisotopic (exact) mass is 576 g/mol. The lowest BCUT2D eigenvalue weighted by molar-refractivity contribution is -0.870. The van der Waals surface area contributed by atoms with Gasteiger partial charge in [-0.05, 0) is 44.4 Å². The van der Waals surface area contributed by atoms with Gasteiger partial charge in [0.05, 0.1) is 45.9 Å². The summed E-state index contributed by atoms with van der Waals surface area (Å²) in [5.41, 5.74) is 2.33. The Bertz CT molecular complexity index is 1540. The van der Waals surface area contributed by atoms with Crippen LogP contribution in [-0.4, -0.2) is 60.5 Å². The summed E-state index contributed by atoms with van der Waals surface area (Å²) in [4.78, 5) is 46.0. The quantitative estimate of drug-likeness (QED) is 0.192. The maximum absolute atomic E-state index is 14.0. The van der Waals surface area contributed by atoms with Gasteiger partial charge in [-0.25, -0.2) is 4.79 Å². The average Bonchev–Trinajstić information content (AvgIpc) is 3.27. The second-order valence-electron chi connectivity index (χ2n) is 13.1. The summed E-state index contributed by atoms with van der Waals surface area (Å²) < 4.78 is 13.8. The van der Waals surface area contributed by atoms with E-state index in [0.717, 1.165) is 28.9 Å². The number of oxime groups is 1. The molecule has 4 heterocycles. The fourth-order valence-electron chi connectivity index (χ4n) is 5.74. The molecular weight excluding hydrogens is 536 g/mol. The number of cyclic esters (lactones) is 1. The first-order valence-corrected chi connectivity index (χ1v) is 14.5. The number of aromatic nitrogens is 1. The van der Waals surface area contributed by atoms with Crippen LogP contribution in [0.25, 0.3) is 10.9 Å². The summed E-state index contributed by atoms with van der Waals surface area (Å²) in [5.74, 6) is -1.15. The molecule has 0 N–H and O–H groups in total. The molecule has 0 amide bonds. The molecule has 3 aliphatic heterocycles. The Morgan fingerprint density at radius 1 is 1.24 bits per heavy atom. The third kappa shape index (κ3) is 5.47. The lowest BCUT2D eigenvalue weighted by Crippen LogP contribution is -2.47. The summed E-state index contributed by atoms with van der Waals surface area (Å²) in [6, 6.07) is 9.10. The van der Waals surface area contributed by atoms with Crippen molar-refractivity contribution in [3.8, 4) is 0 Å². The minimum Gasteiger partial charge on any atom is -0.673 e. The molecule has 0 radical (unpaired) electrons. The Morgan fingerprint density at radius 2 is 1.98 bits per heavy atom. The van der Waals surface area contributed by atoms with Gasteiger partial charge in [-0.1, -0.05) is 42.4 Å². The molecule has 3 aliphatic rings. The normalized spacial score (nSPS) is 21.2. The number of pyridine rings is 1. The number of quaternary nitrogens is 1. The van der Waals surface area contributed by atoms with Gasteiger partial charge in [-0.15, -0.1) is 5.69 Å². The summed E-state index contributed by atoms with van der Waals surface area (Å²) in [5, 5.41) is 9.29. The minimum atomic E-state index is -1.69. The molecule has 10 heteroatoms. The van der Waals surface area contributed by atoms with Crippen molar-refractivity contribution in [2.75, 3.05) is 27.7 Å². The fourth-order valence-corrected chi connectivity index (χ4v) is 5.74. The van der Waals surface area contributed by atoms with E-state index >= 15 is 0 Å². The summed E-state index contributed by atoms with van der Waals surface area (Å²) in [6.07, 6.45) is 2.59. The van der Waals surface area contributed by atoms with Gasteiger partial charge in [0.2, 0.25) is 5.60 Å². The van der Waals surface area contributed by atoms with Gasteiger partial charge < -0.3 is 28.7 Å². The van der Waals surface area contributed by atoms with Gasteiger partial charge in [0, 0.05) is 29.8 Å². The largest absolute Gasteiger partial charge is 0.673 e. The molecule has 0 saturated heterocycles. The Balaban J connectivity index is 1.57. The minimum absolute atomic E-state index is 0.137. The molecule has 0 fully saturated rings. The number of fused-ring (bicyclic) bond motifs is 5. The van der Waals surface area contributed by atoms with E-state index in [0.29, 0.717) is 34.3 Å². The van der Waals surface area contributed by atoms with Crippen LogP contribution < -0.4 is 5.56 Å². The number of benzene rings is 1. The van der Waals surface area contributed by atoms with Crippen molar-refractivity contribution in [1.29, 1.82) is 0 Å². The number of para-hydroxylation sites is 1. The van der Waals surface area contributed by atoms with Gasteiger partial charge in [-0.2, -0.15) is 0 Å². The van der Waals surface area contributed by atoms with Crippen LogP contribution in [0.5, 0.6) is 0 Å². The zero-order valence-corrected chi connectivity index (χ0v) is 25.5. The van der Waals surface area contributed by atoms with E-state index in [-0.39, 0.29) is 25.0 Å². The highest BCUT2D eigenvalue weighted by molar-refractivity contribution is 6.15. The average molecular weight is 577 g/mol. The number of carbonyl (C=O) groups excluding carboxylic acids is 2. The molecule has 0 bridgehead atoms. The highest BCUT2D eigenvalue weighted by atomic mass is 16.6. The molecule has 2 atom stereocenters. The Labute approximate surface area is 246 Å². The van der Waals surface area contributed by atoms with Crippen LogP contribution in [0.3, 0.4) is 0 Å². The Morgan fingerprint density at radius 3 is 2.67 bits per heavy atom. The van der Waals surface area contributed by atoms with Crippen LogP contribution in [-0.2, 0) is 42.7 Å². The highest BCUT2D eigenvalue weighted by Gasteiger charge is 2.50. The van der Waals surface area contributed by atoms with E-state index in [1.165, 1.54) is 0 Å². The first-order chi connectivity index (χ1) is 19.7. The van der Waals surface area contributed by atoms with Crippen molar-refractivity contribution in [1.82, 2.24) is 4.57 Å². The molecular formula is C32H40N4O6. The van der Waals surface area contributed by atoms with Crippen LogP contribution >= 0.6 is 0 Å². The number of hydrogen-bond donors (Lipinski definition) is 0. The molecule has 10 nitrogen and oxygen atoms in total. The van der Waals surface area contributed by atoms with Crippen molar-refractivity contribution in [3.63, 3.8) is 0 Å². The van der Waals surface area contributed by atoms with Crippen molar-refractivity contribution >= 4 is 29.4 Å². The molecule has 1 aromatic heterocycles. The standard InChI is InChI=1S/C32H40N4O6/c1-8-32(41-27(37)14-11-15-36(5,6)7)24-16-26-28-22(18-35(26)29(38)23(24)19-40-30(32)39)21(17-33-42-31(2,3)4)20-12-9-10-13-25(20)34-28/h9-10,12-13,16-17,28H,8,11,14-15,18-19H2,1-7H3/b33-17+/t28?,32-/m0/s1. The number of nitrogens with zero attached hydrogens (tertiary/aromatic N) is 4. The zero-order valence-electron chi connectivity index (χ0n) is 25.5. The van der Waals surface area contributed by atoms with E-state index in [1.54, 1.807) is 17.7 Å². The van der Waals surface area contributed by atoms with E-state index < -0.39 is 29.2 Å². The van der Waals surface area contributed by atoms with E-state index in [2.05, 4.69) is 5.16 Å². The summed E-state index contributed by atoms with van der Waals surface area (Å²) in [6.45, 7) is 8.43. The maximum atomic E-state index is 14.0. The van der Waals surface area contributed by atoms with Crippen LogP contribution in [0, 0.1) is 0 Å². The highest BCUT2D eigenvalue weighted by Crippen LogP contribution is 2.51. The third-order valence-corrected chi connectivity index (χ3v) is 7.80. The van der Waals surface area contributed by atoms with Crippen molar-refractivity contribution in [3.05, 3.63) is 74.0 Å². The smallest absolute Gasteiger partial charge is 0.355 e. The third-order valence-electron chi connectivity index (χ3n) is 7.80. The van der Waals surface area contributed by atoms with Gasteiger partial charge >= 0.3 is 11.9 Å². The molecule has 0 spiro atoms. The van der Waals surface area contributed by atoms with Crippen LogP contribution in [0.2, 0.25) is 0 Å². The van der Waals surface area contributed by atoms with Crippen LogP contribution in [0.4, 0.5) is 5.69 Å². The summed E-state index contributed by atoms with van der Waals surface area (Å²) in [7, 11) is 6.15. The SMILES string of the molecule is CC[C@@]1(OC(=O)CCC[N+](C)(C)C)C(=O)OCc2c1cc1n(c2=O)CC2=C(/C=N/OC(C)(C)C)c3ccccc3[N-]C21. The molecule has 1 unspecified atom stereocenters. The topological polar surface area (TPSA) is 110 Å². The van der Waals surface area contributed by atoms with Crippen molar-refractivity contribution in [2.45, 2.75) is 77.4 Å².